The molecule has 1 fully saturated rings. The number of nitrogens with zero attached hydrogens (tertiary/aromatic N) is 4. The second-order valence-corrected chi connectivity index (χ2v) is 11.4. The van der Waals surface area contributed by atoms with E-state index in [1.807, 2.05) is 29.0 Å². The number of amides is 2. The monoisotopic (exact) mass is 547 g/mol. The number of carbonyl (C=O) groups is 2. The molecule has 9 nitrogen and oxygen atoms in total. The van der Waals surface area contributed by atoms with Crippen LogP contribution < -0.4 is 9.62 Å². The SMILES string of the molecule is C[C@H](C(=O)N1CCN(c2ccc(S(=O)(=O)Nc3nccs3)cc2)C(=O)C1)n1ccc2ccc(Cl)cc21.[HH].[HH]. The maximum Gasteiger partial charge on any atom is 0.263 e. The second-order valence-electron chi connectivity index (χ2n) is 8.34. The Kier molecular flexibility index (Phi) is 6.45. The van der Waals surface area contributed by atoms with E-state index >= 15 is 0 Å². The van der Waals surface area contributed by atoms with Crippen LogP contribution in [0.1, 0.15) is 15.8 Å². The molecule has 36 heavy (non-hydrogen) atoms. The lowest BCUT2D eigenvalue weighted by Crippen LogP contribution is -2.53. The third-order valence-corrected chi connectivity index (χ3v) is 8.51. The summed E-state index contributed by atoms with van der Waals surface area (Å²) < 4.78 is 29.4. The molecule has 0 spiro atoms. The molecule has 1 atom stereocenters. The van der Waals surface area contributed by atoms with E-state index in [1.54, 1.807) is 40.3 Å². The number of fused-ring (bicyclic) bond motifs is 1. The third-order valence-electron chi connectivity index (χ3n) is 6.11. The molecule has 12 heteroatoms. The van der Waals surface area contributed by atoms with Crippen molar-refractivity contribution in [3.05, 3.63) is 71.3 Å². The smallest absolute Gasteiger partial charge is 0.263 e. The lowest BCUT2D eigenvalue weighted by Gasteiger charge is -2.35. The molecule has 190 valence electrons. The summed E-state index contributed by atoms with van der Waals surface area (Å²) in [6, 6.07) is 13.0. The summed E-state index contributed by atoms with van der Waals surface area (Å²) in [5, 5.41) is 3.52. The summed E-state index contributed by atoms with van der Waals surface area (Å²) in [5.74, 6) is -0.395. The minimum Gasteiger partial charge on any atom is -0.335 e. The highest BCUT2D eigenvalue weighted by atomic mass is 35.5. The standard InChI is InChI=1S/C24H22ClN5O4S2.2H2/c1-16(29-10-8-17-2-3-18(25)14-21(17)29)23(32)28-11-12-30(22(31)15-28)19-4-6-20(7-5-19)36(33,34)27-24-26-9-13-35-24;;/h2-10,13-14,16H,11-12,15H2,1H3,(H,26,27);2*1H/t16-;;/m1../s1. The zero-order valence-corrected chi connectivity index (χ0v) is 21.6. The Hall–Kier alpha value is -3.41. The van der Waals surface area contributed by atoms with Gasteiger partial charge in [-0.1, -0.05) is 17.7 Å². The summed E-state index contributed by atoms with van der Waals surface area (Å²) in [6.07, 6.45) is 3.36. The Bertz CT molecular complexity index is 1550. The van der Waals surface area contributed by atoms with Gasteiger partial charge in [-0.2, -0.15) is 0 Å². The molecule has 1 aliphatic heterocycles. The lowest BCUT2D eigenvalue weighted by molar-refractivity contribution is -0.139. The highest BCUT2D eigenvalue weighted by Gasteiger charge is 2.31. The van der Waals surface area contributed by atoms with Crippen LogP contribution in [-0.2, 0) is 19.6 Å². The number of halogens is 1. The molecule has 1 aliphatic rings. The van der Waals surface area contributed by atoms with Gasteiger partial charge in [0.1, 0.15) is 12.6 Å². The van der Waals surface area contributed by atoms with E-state index in [0.29, 0.717) is 23.8 Å². The molecule has 0 saturated carbocycles. The largest absolute Gasteiger partial charge is 0.335 e. The summed E-state index contributed by atoms with van der Waals surface area (Å²) in [7, 11) is -3.78. The van der Waals surface area contributed by atoms with E-state index in [1.165, 1.54) is 29.7 Å². The van der Waals surface area contributed by atoms with Gasteiger partial charge < -0.3 is 14.4 Å². The lowest BCUT2D eigenvalue weighted by atomic mass is 10.2. The number of benzene rings is 2. The Balaban J connectivity index is 0.00000200. The Morgan fingerprint density at radius 2 is 1.94 bits per heavy atom. The molecule has 0 unspecified atom stereocenters. The van der Waals surface area contributed by atoms with Crippen LogP contribution in [0.4, 0.5) is 10.8 Å². The Labute approximate surface area is 219 Å². The van der Waals surface area contributed by atoms with Gasteiger partial charge in [0.25, 0.3) is 10.0 Å². The van der Waals surface area contributed by atoms with Crippen LogP contribution in [0.5, 0.6) is 0 Å². The fourth-order valence-corrected chi connectivity index (χ4v) is 6.19. The second kappa shape index (κ2) is 9.57. The zero-order chi connectivity index (χ0) is 25.4. The minimum atomic E-state index is -3.78. The number of sulfonamides is 1. The van der Waals surface area contributed by atoms with E-state index in [0.717, 1.165) is 10.9 Å². The van der Waals surface area contributed by atoms with Crippen LogP contribution in [-0.4, -0.2) is 54.3 Å². The minimum absolute atomic E-state index is 0. The molecule has 2 amide bonds. The molecule has 0 radical (unpaired) electrons. The summed E-state index contributed by atoms with van der Waals surface area (Å²) in [5.41, 5.74) is 1.42. The van der Waals surface area contributed by atoms with Gasteiger partial charge in [0.15, 0.2) is 5.13 Å². The van der Waals surface area contributed by atoms with Crippen LogP contribution in [0.25, 0.3) is 10.9 Å². The van der Waals surface area contributed by atoms with Gasteiger partial charge in [0.05, 0.1) is 10.4 Å². The van der Waals surface area contributed by atoms with E-state index in [2.05, 4.69) is 9.71 Å². The molecule has 3 heterocycles. The van der Waals surface area contributed by atoms with Gasteiger partial charge in [0.2, 0.25) is 11.8 Å². The van der Waals surface area contributed by atoms with E-state index in [4.69, 9.17) is 11.6 Å². The molecular weight excluding hydrogens is 522 g/mol. The summed E-state index contributed by atoms with van der Waals surface area (Å²) >= 11 is 7.32. The molecule has 4 aromatic rings. The maximum atomic E-state index is 13.2. The molecule has 1 N–H and O–H groups in total. The van der Waals surface area contributed by atoms with Gasteiger partial charge in [-0.25, -0.2) is 13.4 Å². The molecular formula is C24H26ClN5O4S2. The number of hydrogen-bond donors (Lipinski definition) is 1. The van der Waals surface area contributed by atoms with E-state index < -0.39 is 16.1 Å². The Morgan fingerprint density at radius 3 is 2.64 bits per heavy atom. The normalized spacial score (nSPS) is 15.3. The fourth-order valence-electron chi connectivity index (χ4n) is 4.23. The van der Waals surface area contributed by atoms with Crippen molar-refractivity contribution in [3.63, 3.8) is 0 Å². The average Bonchev–Trinajstić information content (AvgIpc) is 3.52. The number of nitrogens with one attached hydrogen (secondary N) is 1. The number of thiazole rings is 1. The van der Waals surface area contributed by atoms with Gasteiger partial charge in [-0.15, -0.1) is 11.3 Å². The van der Waals surface area contributed by atoms with Gasteiger partial charge in [-0.3, -0.25) is 14.3 Å². The van der Waals surface area contributed by atoms with Crippen molar-refractivity contribution >= 4 is 66.5 Å². The number of rotatable bonds is 6. The highest BCUT2D eigenvalue weighted by Crippen LogP contribution is 2.26. The number of piperazine rings is 1. The van der Waals surface area contributed by atoms with Crippen LogP contribution in [0.15, 0.2) is 71.2 Å². The van der Waals surface area contributed by atoms with Crippen molar-refractivity contribution in [2.45, 2.75) is 17.9 Å². The number of carbonyl (C=O) groups excluding carboxylic acids is 2. The van der Waals surface area contributed by atoms with Gasteiger partial charge in [0, 0.05) is 44.4 Å². The fraction of sp³-hybridized carbons (Fsp3) is 0.208. The van der Waals surface area contributed by atoms with Crippen molar-refractivity contribution < 1.29 is 20.9 Å². The molecule has 2 aromatic heterocycles. The van der Waals surface area contributed by atoms with Crippen molar-refractivity contribution in [3.8, 4) is 0 Å². The first-order chi connectivity index (χ1) is 17.2. The predicted octanol–water partition coefficient (Wildman–Crippen LogP) is 4.48. The van der Waals surface area contributed by atoms with E-state index in [-0.39, 0.29) is 31.2 Å². The molecule has 0 aliphatic carbocycles. The topological polar surface area (TPSA) is 105 Å². The van der Waals surface area contributed by atoms with Crippen molar-refractivity contribution in [1.82, 2.24) is 14.5 Å². The first-order valence-corrected chi connectivity index (χ1v) is 13.8. The van der Waals surface area contributed by atoms with Crippen LogP contribution in [0.2, 0.25) is 5.02 Å². The quantitative estimate of drug-likeness (QED) is 0.383. The summed E-state index contributed by atoms with van der Waals surface area (Å²) in [4.78, 5) is 33.3. The van der Waals surface area contributed by atoms with Crippen LogP contribution in [0, 0.1) is 0 Å². The van der Waals surface area contributed by atoms with Crippen molar-refractivity contribution in [1.29, 1.82) is 0 Å². The predicted molar refractivity (Wildman–Crippen MR) is 144 cm³/mol. The summed E-state index contributed by atoms with van der Waals surface area (Å²) in [6.45, 7) is 2.41. The number of aromatic nitrogens is 2. The van der Waals surface area contributed by atoms with Crippen LogP contribution >= 0.6 is 22.9 Å². The van der Waals surface area contributed by atoms with Crippen LogP contribution in [0.3, 0.4) is 0 Å². The Morgan fingerprint density at radius 1 is 1.17 bits per heavy atom. The number of hydrogen-bond acceptors (Lipinski definition) is 6. The molecule has 5 rings (SSSR count). The molecule has 1 saturated heterocycles. The average molecular weight is 548 g/mol. The van der Waals surface area contributed by atoms with Crippen molar-refractivity contribution in [2.75, 3.05) is 29.3 Å². The van der Waals surface area contributed by atoms with Gasteiger partial charge >= 0.3 is 0 Å². The van der Waals surface area contributed by atoms with Gasteiger partial charge in [-0.05, 0) is 54.8 Å². The molecule has 0 bridgehead atoms. The third kappa shape index (κ3) is 4.69. The first-order valence-electron chi connectivity index (χ1n) is 11.1. The zero-order valence-electron chi connectivity index (χ0n) is 19.2. The highest BCUT2D eigenvalue weighted by molar-refractivity contribution is 7.93. The van der Waals surface area contributed by atoms with E-state index in [9.17, 15) is 18.0 Å². The molecule has 2 aromatic carbocycles. The number of anilines is 2. The maximum absolute atomic E-state index is 13.2. The first kappa shape index (κ1) is 24.3. The van der Waals surface area contributed by atoms with Crippen molar-refractivity contribution in [2.24, 2.45) is 0 Å².